The number of hydrogen-bond donors (Lipinski definition) is 10. The molecule has 11 nitrogen and oxygen atoms in total. The van der Waals surface area contributed by atoms with E-state index in [1.165, 1.54) is 11.1 Å². The molecule has 1 aliphatic heterocycles. The van der Waals surface area contributed by atoms with Crippen LogP contribution in [0, 0.1) is 27.7 Å². The first-order valence-electron chi connectivity index (χ1n) is 19.6. The first-order valence-corrected chi connectivity index (χ1v) is 22.6. The summed E-state index contributed by atoms with van der Waals surface area (Å²) in [6.45, 7) is 8.44. The van der Waals surface area contributed by atoms with Crippen molar-refractivity contribution in [3.63, 3.8) is 0 Å². The molecule has 0 atom stereocenters. The molecule has 0 aliphatic carbocycles. The number of halogens is 5. The zero-order chi connectivity index (χ0) is 50.2. The van der Waals surface area contributed by atoms with Gasteiger partial charge in [-0.3, -0.25) is 0 Å². The molecule has 0 unspecified atom stereocenters. The quantitative estimate of drug-likeness (QED) is 0.0466. The van der Waals surface area contributed by atoms with Crippen LogP contribution in [-0.2, 0) is 23.2 Å². The fourth-order valence-corrected chi connectivity index (χ4v) is 5.64. The van der Waals surface area contributed by atoms with Gasteiger partial charge >= 0.3 is 53.2 Å². The third-order valence-corrected chi connectivity index (χ3v) is 9.38. The van der Waals surface area contributed by atoms with Crippen LogP contribution in [0.25, 0.3) is 0 Å². The SMILES string of the molecule is Cc1ccccc1B(O)O.Cc1ccccc1C.Cc1ccccc1N.ClC(Cl)(Cl)Cl.OB(O)c1ccccc1CBr.OB1OCc2ccccc21.OCc1ccccc1B(O)O.[B]=NS. The summed E-state index contributed by atoms with van der Waals surface area (Å²) in [6.07, 6.45) is 0. The van der Waals surface area contributed by atoms with E-state index in [1.54, 1.807) is 48.5 Å². The van der Waals surface area contributed by atoms with E-state index in [1.807, 2.05) is 86.6 Å². The predicted octanol–water partition coefficient (Wildman–Crippen LogP) is 5.32. The van der Waals surface area contributed by atoms with Crippen LogP contribution in [0.2, 0.25) is 0 Å². The summed E-state index contributed by atoms with van der Waals surface area (Å²) < 4.78 is 6.06. The van der Waals surface area contributed by atoms with Gasteiger partial charge in [0, 0.05) is 11.0 Å². The van der Waals surface area contributed by atoms with Crippen LogP contribution in [0.4, 0.5) is 5.69 Å². The van der Waals surface area contributed by atoms with Gasteiger partial charge in [0.25, 0.3) is 3.25 Å². The summed E-state index contributed by atoms with van der Waals surface area (Å²) in [5.41, 5.74) is 16.1. The average molecular weight is 1060 g/mol. The molecule has 349 valence electrons. The molecule has 6 aromatic carbocycles. The van der Waals surface area contributed by atoms with Crippen LogP contribution in [0.15, 0.2) is 150 Å². The Balaban J connectivity index is 0.000000746. The number of rotatable bonds is 5. The van der Waals surface area contributed by atoms with Crippen LogP contribution in [0.3, 0.4) is 0 Å². The summed E-state index contributed by atoms with van der Waals surface area (Å²) in [5.74, 6) is 0. The standard InChI is InChI=1S/C8H10.C7H8BBrO2.C7H9BO3.C7H7BO2.C7H9BO2.C7H9N.CCl4.BHNS/c1-7-5-3-4-6-8(7)2;2*9-5-6-3-1-2-4-7(6)8(10)11;9-8-7-4-2-1-3-6(7)5-10-8;1-6-4-2-3-5-7(6)8(9)10;1-6-4-2-3-5-7(6)8;2-1(3,4)5;1-2-3/h3-6H,1-2H3;1-4,10-11H,5H2;1-4,9-11H,5H2;1-4,9H,5H2;2-5,9-10H,1H3;2-5H,8H2,1H3;;3H. The van der Waals surface area contributed by atoms with Crippen LogP contribution in [0.1, 0.15) is 38.9 Å². The molecule has 6 aromatic rings. The minimum atomic E-state index is -1.61. The number of thiol groups is 1. The van der Waals surface area contributed by atoms with Gasteiger partial charge in [0.05, 0.1) is 13.2 Å². The first kappa shape index (κ1) is 62.9. The number of aliphatic hydroxyl groups is 1. The van der Waals surface area contributed by atoms with Crippen molar-refractivity contribution in [1.82, 2.24) is 0 Å². The second-order valence-electron chi connectivity index (χ2n) is 13.5. The maximum absolute atomic E-state index is 9.16. The number of fused-ring (bicyclic) bond motifs is 1. The summed E-state index contributed by atoms with van der Waals surface area (Å²) in [6, 6.07) is 44.9. The number of alkyl halides is 5. The van der Waals surface area contributed by atoms with Gasteiger partial charge in [0.2, 0.25) is 0 Å². The van der Waals surface area contributed by atoms with Gasteiger partial charge in [-0.25, -0.2) is 0 Å². The molecule has 22 heteroatoms. The Morgan fingerprint density at radius 3 is 1.29 bits per heavy atom. The molecule has 10 N–H and O–H groups in total. The number of para-hydroxylation sites is 1. The predicted molar refractivity (Wildman–Crippen MR) is 286 cm³/mol. The minimum absolute atomic E-state index is 0.173. The van der Waals surface area contributed by atoms with Gasteiger partial charge in [-0.15, -0.1) is 0 Å². The number of hydrogen-bond acceptors (Lipinski definition) is 12. The summed E-state index contributed by atoms with van der Waals surface area (Å²) >= 11 is 25.8. The van der Waals surface area contributed by atoms with Gasteiger partial charge in [-0.1, -0.05) is 207 Å². The molecule has 0 amide bonds. The van der Waals surface area contributed by atoms with Gasteiger partial charge in [0.15, 0.2) is 0 Å². The molecule has 0 saturated heterocycles. The fraction of sp³-hybridized carbons (Fsp3) is 0.182. The molecule has 0 saturated carbocycles. The molecule has 1 heterocycles. The molecule has 0 bridgehead atoms. The third-order valence-electron chi connectivity index (χ3n) is 8.78. The molecule has 1 aliphatic rings. The Morgan fingerprint density at radius 2 is 0.970 bits per heavy atom. The molecule has 66 heavy (non-hydrogen) atoms. The zero-order valence-corrected chi connectivity index (χ0v) is 42.2. The van der Waals surface area contributed by atoms with E-state index in [2.05, 4.69) is 78.8 Å². The van der Waals surface area contributed by atoms with Gasteiger partial charge < -0.3 is 50.7 Å². The van der Waals surface area contributed by atoms with E-state index in [4.69, 9.17) is 97.1 Å². The first-order chi connectivity index (χ1) is 31.1. The third kappa shape index (κ3) is 28.3. The molecule has 0 fully saturated rings. The van der Waals surface area contributed by atoms with Crippen molar-refractivity contribution in [2.45, 2.75) is 49.5 Å². The molecule has 0 aromatic heterocycles. The van der Waals surface area contributed by atoms with Crippen LogP contribution in [-0.4, -0.2) is 79.6 Å². The van der Waals surface area contributed by atoms with E-state index in [9.17, 15) is 0 Å². The summed E-state index contributed by atoms with van der Waals surface area (Å²) in [4.78, 5) is 0. The van der Waals surface area contributed by atoms with Crippen molar-refractivity contribution < 1.29 is 44.9 Å². The Bertz CT molecular complexity index is 2110. The topological polar surface area (TPSA) is 209 Å². The van der Waals surface area contributed by atoms with E-state index in [-0.39, 0.29) is 6.61 Å². The fourth-order valence-electron chi connectivity index (χ4n) is 5.13. The number of aryl methyl sites for hydroxylation is 4. The molecular formula is C44H53B5BrCl4N2O9S. The number of aliphatic hydroxyl groups excluding tert-OH is 1. The second kappa shape index (κ2) is 35.9. The van der Waals surface area contributed by atoms with Crippen molar-refractivity contribution in [2.24, 2.45) is 4.30 Å². The summed E-state index contributed by atoms with van der Waals surface area (Å²) in [5, 5.41) is 71.4. The number of anilines is 1. The number of nitrogen functional groups attached to an aromatic ring is 1. The van der Waals surface area contributed by atoms with E-state index >= 15 is 0 Å². The molecule has 7 rings (SSSR count). The van der Waals surface area contributed by atoms with E-state index in [0.29, 0.717) is 33.9 Å². The van der Waals surface area contributed by atoms with Crippen molar-refractivity contribution >= 4 is 139 Å². The zero-order valence-electron chi connectivity index (χ0n) is 36.7. The van der Waals surface area contributed by atoms with Crippen molar-refractivity contribution in [3.05, 3.63) is 185 Å². The monoisotopic (exact) mass is 1060 g/mol. The van der Waals surface area contributed by atoms with E-state index < -0.39 is 31.7 Å². The Labute approximate surface area is 424 Å². The van der Waals surface area contributed by atoms with E-state index in [0.717, 1.165) is 33.4 Å². The average Bonchev–Trinajstić information content (AvgIpc) is 3.66. The van der Waals surface area contributed by atoms with Gasteiger partial charge in [-0.05, 0) is 89.0 Å². The van der Waals surface area contributed by atoms with Crippen LogP contribution >= 0.6 is 75.1 Å². The molecule has 0 spiro atoms. The second-order valence-corrected chi connectivity index (χ2v) is 17.7. The van der Waals surface area contributed by atoms with Crippen molar-refractivity contribution in [2.75, 3.05) is 5.73 Å². The molecular weight excluding hydrogens is 1010 g/mol. The summed E-state index contributed by atoms with van der Waals surface area (Å²) in [7, 11) is -0.581. The maximum atomic E-state index is 9.16. The Kier molecular flexibility index (Phi) is 34.2. The van der Waals surface area contributed by atoms with Crippen molar-refractivity contribution in [3.8, 4) is 0 Å². The van der Waals surface area contributed by atoms with Crippen molar-refractivity contribution in [1.29, 1.82) is 0 Å². The van der Waals surface area contributed by atoms with Crippen LogP contribution < -0.4 is 27.6 Å². The van der Waals surface area contributed by atoms with Gasteiger partial charge in [-0.2, -0.15) is 0 Å². The Morgan fingerprint density at radius 1 is 0.621 bits per heavy atom. The van der Waals surface area contributed by atoms with Crippen LogP contribution in [0.5, 0.6) is 0 Å². The Hall–Kier alpha value is -3.13. The number of benzene rings is 6. The number of nitrogens with two attached hydrogens (primary N) is 1. The number of nitrogens with zero attached hydrogens (tertiary/aromatic N) is 1. The normalized spacial score (nSPS) is 10.3. The van der Waals surface area contributed by atoms with Gasteiger partial charge in [0.1, 0.15) is 0 Å². The molecule has 1 radical (unpaired) electrons.